The van der Waals surface area contributed by atoms with Gasteiger partial charge in [-0.3, -0.25) is 0 Å². The fraction of sp³-hybridized carbons (Fsp3) is 1.00. The Balaban J connectivity index is 1.58. The molecule has 0 radical (unpaired) electrons. The molecule has 0 aromatic rings. The first kappa shape index (κ1) is 22.7. The maximum absolute atomic E-state index is 2.49. The van der Waals surface area contributed by atoms with Crippen molar-refractivity contribution in [2.24, 2.45) is 40.9 Å². The summed E-state index contributed by atoms with van der Waals surface area (Å²) in [7, 11) is 0. The molecule has 0 spiro atoms. The van der Waals surface area contributed by atoms with Crippen LogP contribution in [-0.2, 0) is 0 Å². The standard InChI is InChI=1S/C28H52/c1-22-15-18-25(19-16-22)27-14-9-7-5-6-8-12-24(27)20-17-23-11-10-13-26(21-23)28(2,3)4/h22-27H,5-21H2,1-4H3. The Morgan fingerprint density at radius 1 is 0.643 bits per heavy atom. The van der Waals surface area contributed by atoms with Crippen LogP contribution < -0.4 is 0 Å². The summed E-state index contributed by atoms with van der Waals surface area (Å²) in [4.78, 5) is 0. The van der Waals surface area contributed by atoms with Crippen LogP contribution in [0.5, 0.6) is 0 Å². The summed E-state index contributed by atoms with van der Waals surface area (Å²) in [5.74, 6) is 6.23. The minimum absolute atomic E-state index is 0.526. The van der Waals surface area contributed by atoms with Crippen molar-refractivity contribution < 1.29 is 0 Å². The van der Waals surface area contributed by atoms with Crippen molar-refractivity contribution in [2.45, 2.75) is 137 Å². The minimum Gasteiger partial charge on any atom is -0.0625 e. The molecular weight excluding hydrogens is 336 g/mol. The lowest BCUT2D eigenvalue weighted by Crippen LogP contribution is -2.29. The molecule has 3 aliphatic carbocycles. The van der Waals surface area contributed by atoms with Gasteiger partial charge in [0.05, 0.1) is 0 Å². The van der Waals surface area contributed by atoms with Crippen LogP contribution in [0.4, 0.5) is 0 Å². The smallest absolute Gasteiger partial charge is 0.0354 e. The summed E-state index contributed by atoms with van der Waals surface area (Å²) >= 11 is 0. The highest BCUT2D eigenvalue weighted by molar-refractivity contribution is 4.85. The lowest BCUT2D eigenvalue weighted by molar-refractivity contribution is 0.109. The van der Waals surface area contributed by atoms with Gasteiger partial charge in [-0.15, -0.1) is 0 Å². The number of hydrogen-bond donors (Lipinski definition) is 0. The molecule has 0 aliphatic heterocycles. The van der Waals surface area contributed by atoms with E-state index in [-0.39, 0.29) is 0 Å². The van der Waals surface area contributed by atoms with E-state index in [2.05, 4.69) is 27.7 Å². The predicted molar refractivity (Wildman–Crippen MR) is 125 cm³/mol. The predicted octanol–water partition coefficient (Wildman–Crippen LogP) is 9.42. The van der Waals surface area contributed by atoms with Crippen LogP contribution in [0.2, 0.25) is 0 Å². The molecule has 4 unspecified atom stereocenters. The number of hydrogen-bond acceptors (Lipinski definition) is 0. The first-order valence-electron chi connectivity index (χ1n) is 13.4. The maximum atomic E-state index is 2.49. The molecule has 28 heavy (non-hydrogen) atoms. The zero-order chi connectivity index (χ0) is 20.0. The lowest BCUT2D eigenvalue weighted by Gasteiger charge is -2.40. The summed E-state index contributed by atoms with van der Waals surface area (Å²) in [5.41, 5.74) is 0.526. The Morgan fingerprint density at radius 2 is 1.32 bits per heavy atom. The van der Waals surface area contributed by atoms with Crippen LogP contribution in [-0.4, -0.2) is 0 Å². The van der Waals surface area contributed by atoms with Gasteiger partial charge < -0.3 is 0 Å². The largest absolute Gasteiger partial charge is 0.0625 e. The molecule has 0 amide bonds. The zero-order valence-electron chi connectivity index (χ0n) is 20.0. The third-order valence-electron chi connectivity index (χ3n) is 9.34. The second-order valence-corrected chi connectivity index (χ2v) is 12.5. The molecule has 0 heteroatoms. The molecule has 0 heterocycles. The molecule has 3 aliphatic rings. The molecular formula is C28H52. The molecule has 3 rings (SSSR count). The van der Waals surface area contributed by atoms with Crippen molar-refractivity contribution in [2.75, 3.05) is 0 Å². The van der Waals surface area contributed by atoms with Crippen molar-refractivity contribution in [1.29, 1.82) is 0 Å². The molecule has 0 bridgehead atoms. The zero-order valence-corrected chi connectivity index (χ0v) is 20.0. The average molecular weight is 389 g/mol. The molecule has 0 aromatic carbocycles. The Morgan fingerprint density at radius 3 is 2.04 bits per heavy atom. The monoisotopic (exact) mass is 388 g/mol. The highest BCUT2D eigenvalue weighted by atomic mass is 14.4. The van der Waals surface area contributed by atoms with Gasteiger partial charge in [-0.1, -0.05) is 98.3 Å². The van der Waals surface area contributed by atoms with Gasteiger partial charge in [0.2, 0.25) is 0 Å². The Hall–Kier alpha value is 0. The van der Waals surface area contributed by atoms with E-state index in [0.717, 1.165) is 35.5 Å². The quantitative estimate of drug-likeness (QED) is 0.450. The summed E-state index contributed by atoms with van der Waals surface area (Å²) < 4.78 is 0. The van der Waals surface area contributed by atoms with Gasteiger partial charge in [0.1, 0.15) is 0 Å². The first-order chi connectivity index (χ1) is 13.4. The van der Waals surface area contributed by atoms with E-state index in [1.807, 2.05) is 0 Å². The molecule has 3 fully saturated rings. The molecule has 0 nitrogen and oxygen atoms in total. The Labute approximate surface area is 178 Å². The highest BCUT2D eigenvalue weighted by Crippen LogP contribution is 2.45. The Kier molecular flexibility index (Phi) is 8.79. The highest BCUT2D eigenvalue weighted by Gasteiger charge is 2.34. The van der Waals surface area contributed by atoms with E-state index in [0.29, 0.717) is 5.41 Å². The van der Waals surface area contributed by atoms with E-state index in [4.69, 9.17) is 0 Å². The second-order valence-electron chi connectivity index (χ2n) is 12.5. The van der Waals surface area contributed by atoms with Crippen LogP contribution in [0.25, 0.3) is 0 Å². The van der Waals surface area contributed by atoms with Crippen molar-refractivity contribution in [3.8, 4) is 0 Å². The van der Waals surface area contributed by atoms with Crippen LogP contribution in [0.3, 0.4) is 0 Å². The van der Waals surface area contributed by atoms with E-state index in [1.165, 1.54) is 70.6 Å². The van der Waals surface area contributed by atoms with E-state index >= 15 is 0 Å². The lowest BCUT2D eigenvalue weighted by atomic mass is 9.66. The molecule has 3 saturated carbocycles. The fourth-order valence-electron chi connectivity index (χ4n) is 7.25. The van der Waals surface area contributed by atoms with Crippen LogP contribution in [0, 0.1) is 40.9 Å². The third kappa shape index (κ3) is 6.77. The molecule has 164 valence electrons. The average Bonchev–Trinajstić information content (AvgIpc) is 2.79. The summed E-state index contributed by atoms with van der Waals surface area (Å²) in [5, 5.41) is 0. The van der Waals surface area contributed by atoms with Crippen molar-refractivity contribution in [3.63, 3.8) is 0 Å². The summed E-state index contributed by atoms with van der Waals surface area (Å²) in [6, 6.07) is 0. The summed E-state index contributed by atoms with van der Waals surface area (Å²) in [6.45, 7) is 9.95. The van der Waals surface area contributed by atoms with Crippen molar-refractivity contribution in [3.05, 3.63) is 0 Å². The maximum Gasteiger partial charge on any atom is -0.0354 e. The summed E-state index contributed by atoms with van der Waals surface area (Å²) in [6.07, 6.45) is 26.0. The van der Waals surface area contributed by atoms with E-state index in [9.17, 15) is 0 Å². The van der Waals surface area contributed by atoms with E-state index < -0.39 is 0 Å². The van der Waals surface area contributed by atoms with Gasteiger partial charge >= 0.3 is 0 Å². The molecule has 0 aromatic heterocycles. The van der Waals surface area contributed by atoms with Gasteiger partial charge in [0, 0.05) is 0 Å². The van der Waals surface area contributed by atoms with Crippen LogP contribution >= 0.6 is 0 Å². The molecule has 0 N–H and O–H groups in total. The Bertz CT molecular complexity index is 422. The van der Waals surface area contributed by atoms with Crippen molar-refractivity contribution >= 4 is 0 Å². The molecule has 4 atom stereocenters. The van der Waals surface area contributed by atoms with Gasteiger partial charge in [0.25, 0.3) is 0 Å². The van der Waals surface area contributed by atoms with Gasteiger partial charge in [-0.05, 0) is 79.4 Å². The minimum atomic E-state index is 0.526. The first-order valence-corrected chi connectivity index (χ1v) is 13.4. The van der Waals surface area contributed by atoms with Crippen LogP contribution in [0.1, 0.15) is 137 Å². The second kappa shape index (κ2) is 10.9. The number of rotatable bonds is 4. The van der Waals surface area contributed by atoms with Gasteiger partial charge in [-0.2, -0.15) is 0 Å². The third-order valence-corrected chi connectivity index (χ3v) is 9.34. The fourth-order valence-corrected chi connectivity index (χ4v) is 7.25. The molecule has 0 saturated heterocycles. The topological polar surface area (TPSA) is 0 Å². The SMILES string of the molecule is CC1CCC(C2CCCCCCCC2CCC2CCCC(C(C)(C)C)C2)CC1. The van der Waals surface area contributed by atoms with Gasteiger partial charge in [0.15, 0.2) is 0 Å². The van der Waals surface area contributed by atoms with Crippen molar-refractivity contribution in [1.82, 2.24) is 0 Å². The van der Waals surface area contributed by atoms with Crippen LogP contribution in [0.15, 0.2) is 0 Å². The van der Waals surface area contributed by atoms with Gasteiger partial charge in [-0.25, -0.2) is 0 Å². The van der Waals surface area contributed by atoms with E-state index in [1.54, 1.807) is 38.5 Å². The normalized spacial score (nSPS) is 39.0.